The summed E-state index contributed by atoms with van der Waals surface area (Å²) in [6.07, 6.45) is 7.55. The number of aromatic nitrogens is 3. The fraction of sp³-hybridized carbons (Fsp3) is 0.214. The molecular formula is C14H12ClN3O4. The van der Waals surface area contributed by atoms with Crippen molar-refractivity contribution in [2.75, 3.05) is 0 Å². The number of fused-ring (bicyclic) bond motifs is 3. The Morgan fingerprint density at radius 2 is 1.82 bits per heavy atom. The number of hydrogen-bond acceptors (Lipinski definition) is 6. The summed E-state index contributed by atoms with van der Waals surface area (Å²) in [5.74, 6) is 1.08. The highest BCUT2D eigenvalue weighted by molar-refractivity contribution is 5.49. The lowest BCUT2D eigenvalue weighted by Crippen LogP contribution is -2.68. The first-order chi connectivity index (χ1) is 10.4. The second-order valence-corrected chi connectivity index (χ2v) is 5.65. The molecule has 0 spiro atoms. The van der Waals surface area contributed by atoms with E-state index < -0.39 is 10.2 Å². The van der Waals surface area contributed by atoms with Crippen molar-refractivity contribution in [2.45, 2.75) is 19.3 Å². The van der Waals surface area contributed by atoms with Crippen LogP contribution in [-0.2, 0) is 6.42 Å². The molecule has 8 heteroatoms. The lowest BCUT2D eigenvalue weighted by atomic mass is 10.2. The fourth-order valence-corrected chi connectivity index (χ4v) is 2.53. The van der Waals surface area contributed by atoms with Gasteiger partial charge in [-0.3, -0.25) is 0 Å². The molecule has 1 aliphatic heterocycles. The minimum Gasteiger partial charge on any atom is -0.222 e. The summed E-state index contributed by atoms with van der Waals surface area (Å²) in [5.41, 5.74) is 0.994. The molecule has 2 aliphatic rings. The normalized spacial score (nSPS) is 14.5. The molecular weight excluding hydrogens is 310 g/mol. The smallest absolute Gasteiger partial charge is 0.222 e. The highest BCUT2D eigenvalue weighted by atomic mass is 35.7. The Bertz CT molecular complexity index is 919. The van der Waals surface area contributed by atoms with Crippen LogP contribution >= 0.6 is 0 Å². The van der Waals surface area contributed by atoms with Gasteiger partial charge in [-0.15, -0.1) is 14.6 Å². The van der Waals surface area contributed by atoms with E-state index in [1.165, 1.54) is 16.9 Å². The lowest BCUT2D eigenvalue weighted by molar-refractivity contribution is -2.00. The highest BCUT2D eigenvalue weighted by Gasteiger charge is 2.18. The minimum atomic E-state index is -4.94. The molecule has 2 heterocycles. The molecule has 0 saturated heterocycles. The standard InChI is InChI=1S/C14H12N3.ClHO4/c1-2-6-11-10(5-1)9-12-14(11)15-13-7-3-4-8-17(13)16-12;2-1(3,4)5/h1-2,5-6,8-9H,3-4,7H2;(H,2,3,4,5)/q+1;/p-1. The van der Waals surface area contributed by atoms with E-state index in [1.54, 1.807) is 0 Å². The average molecular weight is 322 g/mol. The third kappa shape index (κ3) is 3.29. The van der Waals surface area contributed by atoms with Crippen molar-refractivity contribution < 1.29 is 33.2 Å². The Hall–Kier alpha value is -1.90. The molecule has 22 heavy (non-hydrogen) atoms. The maximum Gasteiger partial charge on any atom is 0.323 e. The second kappa shape index (κ2) is 5.71. The zero-order valence-corrected chi connectivity index (χ0v) is 12.2. The monoisotopic (exact) mass is 321 g/mol. The van der Waals surface area contributed by atoms with Crippen LogP contribution in [0.4, 0.5) is 0 Å². The van der Waals surface area contributed by atoms with E-state index in [2.05, 4.69) is 41.7 Å². The predicted molar refractivity (Wildman–Crippen MR) is 62.2 cm³/mol. The van der Waals surface area contributed by atoms with E-state index in [1.807, 2.05) is 4.36 Å². The summed E-state index contributed by atoms with van der Waals surface area (Å²) in [7, 11) is -4.94. The van der Waals surface area contributed by atoms with Gasteiger partial charge >= 0.3 is 5.82 Å². The van der Waals surface area contributed by atoms with E-state index in [-0.39, 0.29) is 0 Å². The van der Waals surface area contributed by atoms with Gasteiger partial charge in [0.1, 0.15) is 0 Å². The van der Waals surface area contributed by atoms with E-state index in [9.17, 15) is 0 Å². The van der Waals surface area contributed by atoms with Crippen molar-refractivity contribution in [1.82, 2.24) is 10.1 Å². The number of nitrogens with zero attached hydrogens (tertiary/aromatic N) is 3. The molecule has 0 N–H and O–H groups in total. The molecule has 0 unspecified atom stereocenters. The van der Waals surface area contributed by atoms with Gasteiger partial charge in [-0.05, 0) is 28.8 Å². The maximum absolute atomic E-state index is 8.49. The van der Waals surface area contributed by atoms with Crippen LogP contribution in [0.2, 0.25) is 0 Å². The molecule has 0 fully saturated rings. The summed E-state index contributed by atoms with van der Waals surface area (Å²) in [4.78, 5) is 4.77. The van der Waals surface area contributed by atoms with Crippen LogP contribution in [0.5, 0.6) is 0 Å². The number of benzene rings is 1. The first-order valence-corrected chi connectivity index (χ1v) is 7.87. The van der Waals surface area contributed by atoms with Crippen molar-refractivity contribution in [3.63, 3.8) is 0 Å². The number of hydrogen-bond donors (Lipinski definition) is 0. The number of rotatable bonds is 0. The molecule has 4 rings (SSSR count). The number of aryl methyl sites for hydroxylation is 1. The van der Waals surface area contributed by atoms with Gasteiger partial charge in [0.2, 0.25) is 5.35 Å². The molecule has 1 aliphatic carbocycles. The van der Waals surface area contributed by atoms with Crippen molar-refractivity contribution in [1.29, 1.82) is 0 Å². The van der Waals surface area contributed by atoms with Crippen LogP contribution in [0.1, 0.15) is 24.4 Å². The SMILES string of the molecule is C1=c2ccccc2=c2nc3[n+](nc21)=CCCC3.[O-][Cl+3]([O-])([O-])[O-]. The second-order valence-electron chi connectivity index (χ2n) is 4.89. The van der Waals surface area contributed by atoms with Gasteiger partial charge in [0.05, 0.1) is 12.6 Å². The van der Waals surface area contributed by atoms with Crippen molar-refractivity contribution in [3.05, 3.63) is 57.8 Å². The van der Waals surface area contributed by atoms with Crippen LogP contribution in [-0.4, -0.2) is 10.1 Å². The van der Waals surface area contributed by atoms with Gasteiger partial charge < -0.3 is 0 Å². The Labute approximate surface area is 127 Å². The van der Waals surface area contributed by atoms with Crippen LogP contribution in [0, 0.1) is 27.0 Å². The summed E-state index contributed by atoms with van der Waals surface area (Å²) in [6.45, 7) is 0. The summed E-state index contributed by atoms with van der Waals surface area (Å²) >= 11 is 0. The zero-order valence-electron chi connectivity index (χ0n) is 11.4. The van der Waals surface area contributed by atoms with Crippen LogP contribution in [0.15, 0.2) is 24.3 Å². The molecule has 2 aromatic rings. The summed E-state index contributed by atoms with van der Waals surface area (Å²) < 4.78 is 35.9. The topological polar surface area (TPSA) is 124 Å². The molecule has 0 atom stereocenters. The Balaban J connectivity index is 0.000000254. The van der Waals surface area contributed by atoms with Gasteiger partial charge in [-0.25, -0.2) is 18.6 Å². The van der Waals surface area contributed by atoms with E-state index in [0.717, 1.165) is 29.7 Å². The van der Waals surface area contributed by atoms with Gasteiger partial charge in [0, 0.05) is 11.6 Å². The molecule has 0 amide bonds. The van der Waals surface area contributed by atoms with E-state index in [4.69, 9.17) is 23.6 Å². The Morgan fingerprint density at radius 3 is 2.59 bits per heavy atom. The summed E-state index contributed by atoms with van der Waals surface area (Å²) in [5, 5.41) is 8.13. The zero-order chi connectivity index (χ0) is 15.7. The lowest BCUT2D eigenvalue weighted by Gasteiger charge is -2.17. The quantitative estimate of drug-likeness (QED) is 0.387. The Morgan fingerprint density at radius 1 is 1.09 bits per heavy atom. The molecule has 114 valence electrons. The van der Waals surface area contributed by atoms with Crippen LogP contribution in [0.25, 0.3) is 6.08 Å². The van der Waals surface area contributed by atoms with E-state index in [0.29, 0.717) is 0 Å². The Kier molecular flexibility index (Phi) is 3.90. The molecule has 7 nitrogen and oxygen atoms in total. The third-order valence-corrected chi connectivity index (χ3v) is 3.38. The van der Waals surface area contributed by atoms with Crippen molar-refractivity contribution in [3.8, 4) is 0 Å². The van der Waals surface area contributed by atoms with Crippen molar-refractivity contribution >= 4 is 6.08 Å². The van der Waals surface area contributed by atoms with Gasteiger partial charge in [0.15, 0.2) is 5.69 Å². The van der Waals surface area contributed by atoms with Gasteiger partial charge in [-0.1, -0.05) is 23.3 Å². The molecule has 0 saturated carbocycles. The van der Waals surface area contributed by atoms with Crippen LogP contribution < -0.4 is 28.2 Å². The molecule has 0 radical (unpaired) electrons. The minimum absolute atomic E-state index is 0.994. The largest absolute Gasteiger partial charge is 0.323 e. The first kappa shape index (κ1) is 15.0. The molecule has 1 aromatic carbocycles. The fourth-order valence-electron chi connectivity index (χ4n) is 2.53. The third-order valence-electron chi connectivity index (χ3n) is 3.38. The van der Waals surface area contributed by atoms with Crippen LogP contribution in [0.3, 0.4) is 0 Å². The number of halogens is 1. The van der Waals surface area contributed by atoms with Gasteiger partial charge in [-0.2, -0.15) is 0 Å². The average Bonchev–Trinajstić information content (AvgIpc) is 2.80. The molecule has 0 bridgehead atoms. The molecule has 1 aromatic heterocycles. The van der Waals surface area contributed by atoms with E-state index >= 15 is 0 Å². The predicted octanol–water partition coefficient (Wildman–Crippen LogP) is -4.22. The maximum atomic E-state index is 8.49. The van der Waals surface area contributed by atoms with Gasteiger partial charge in [0.25, 0.3) is 0 Å². The van der Waals surface area contributed by atoms with Crippen molar-refractivity contribution in [2.24, 2.45) is 0 Å². The first-order valence-electron chi connectivity index (χ1n) is 6.64. The highest BCUT2D eigenvalue weighted by Crippen LogP contribution is 2.06. The summed E-state index contributed by atoms with van der Waals surface area (Å²) in [6, 6.07) is 8.35.